The van der Waals surface area contributed by atoms with Crippen LogP contribution in [0.3, 0.4) is 0 Å². The number of hydrogen-bond donors (Lipinski definition) is 3. The average Bonchev–Trinajstić information content (AvgIpc) is 2.61. The molecule has 27 heavy (non-hydrogen) atoms. The summed E-state index contributed by atoms with van der Waals surface area (Å²) in [5.74, 6) is 0.211. The van der Waals surface area contributed by atoms with E-state index in [9.17, 15) is 8.42 Å². The maximum absolute atomic E-state index is 12.2. The minimum absolute atomic E-state index is 0. The Bertz CT molecular complexity index is 855. The number of nitrogens with zero attached hydrogens (tertiary/aromatic N) is 1. The number of benzene rings is 2. The van der Waals surface area contributed by atoms with E-state index >= 15 is 0 Å². The Morgan fingerprint density at radius 3 is 2.48 bits per heavy atom. The molecular weight excluding hydrogens is 479 g/mol. The fraction of sp³-hybridized carbons (Fsp3) is 0.278. The van der Waals surface area contributed by atoms with Crippen molar-refractivity contribution in [2.45, 2.75) is 18.4 Å². The van der Waals surface area contributed by atoms with Gasteiger partial charge in [-0.05, 0) is 25.1 Å². The molecule has 0 heterocycles. The number of nitrogens with one attached hydrogen (secondary N) is 2. The lowest BCUT2D eigenvalue weighted by Crippen LogP contribution is -2.28. The monoisotopic (exact) mass is 504 g/mol. The Morgan fingerprint density at radius 2 is 1.81 bits per heavy atom. The molecule has 0 aromatic heterocycles. The van der Waals surface area contributed by atoms with Crippen molar-refractivity contribution >= 4 is 45.6 Å². The summed E-state index contributed by atoms with van der Waals surface area (Å²) >= 11 is 0. The summed E-state index contributed by atoms with van der Waals surface area (Å²) in [6.07, 6.45) is 0. The van der Waals surface area contributed by atoms with Crippen LogP contribution in [-0.2, 0) is 21.4 Å². The third-order valence-electron chi connectivity index (χ3n) is 3.60. The summed E-state index contributed by atoms with van der Waals surface area (Å²) in [4.78, 5) is 4.38. The number of halogens is 1. The zero-order valence-electron chi connectivity index (χ0n) is 15.3. The highest BCUT2D eigenvalue weighted by Gasteiger charge is 2.12. The Balaban J connectivity index is 0.00000364. The summed E-state index contributed by atoms with van der Waals surface area (Å²) in [6.45, 7) is 2.72. The third kappa shape index (κ3) is 7.45. The number of guanidine groups is 1. The summed E-state index contributed by atoms with van der Waals surface area (Å²) in [5, 5.41) is 3.00. The van der Waals surface area contributed by atoms with E-state index in [1.54, 1.807) is 31.4 Å². The largest absolute Gasteiger partial charge is 0.380 e. The van der Waals surface area contributed by atoms with Gasteiger partial charge >= 0.3 is 0 Å². The van der Waals surface area contributed by atoms with Crippen LogP contribution >= 0.6 is 24.0 Å². The third-order valence-corrected chi connectivity index (χ3v) is 5.07. The van der Waals surface area contributed by atoms with Crippen LogP contribution in [0.25, 0.3) is 0 Å². The first-order chi connectivity index (χ1) is 12.4. The normalized spacial score (nSPS) is 11.7. The topological polar surface area (TPSA) is 106 Å². The molecule has 0 aliphatic carbocycles. The molecule has 2 aromatic rings. The van der Waals surface area contributed by atoms with Crippen LogP contribution in [0.15, 0.2) is 58.4 Å². The fourth-order valence-electron chi connectivity index (χ4n) is 2.26. The lowest BCUT2D eigenvalue weighted by atomic mass is 10.2. The Kier molecular flexibility index (Phi) is 9.70. The van der Waals surface area contributed by atoms with Gasteiger partial charge in [-0.2, -0.15) is 0 Å². The first-order valence-corrected chi connectivity index (χ1v) is 9.61. The number of rotatable bonds is 8. The minimum atomic E-state index is -3.54. The number of aryl methyl sites for hydroxylation is 1. The van der Waals surface area contributed by atoms with Crippen molar-refractivity contribution in [1.29, 1.82) is 0 Å². The Morgan fingerprint density at radius 1 is 1.15 bits per heavy atom. The van der Waals surface area contributed by atoms with Gasteiger partial charge in [-0.1, -0.05) is 35.9 Å². The smallest absolute Gasteiger partial charge is 0.240 e. The molecule has 0 saturated heterocycles. The number of para-hydroxylation sites is 1. The molecule has 0 saturated carbocycles. The quantitative estimate of drug-likeness (QED) is 0.222. The van der Waals surface area contributed by atoms with E-state index in [1.165, 1.54) is 0 Å². The van der Waals surface area contributed by atoms with E-state index in [2.05, 4.69) is 15.0 Å². The average molecular weight is 504 g/mol. The first-order valence-electron chi connectivity index (χ1n) is 8.12. The van der Waals surface area contributed by atoms with Crippen molar-refractivity contribution in [2.75, 3.05) is 25.5 Å². The van der Waals surface area contributed by atoms with Crippen LogP contribution < -0.4 is 15.8 Å². The maximum Gasteiger partial charge on any atom is 0.240 e. The number of hydrogen-bond acceptors (Lipinski definition) is 4. The molecule has 0 amide bonds. The van der Waals surface area contributed by atoms with E-state index < -0.39 is 10.0 Å². The Labute approximate surface area is 177 Å². The predicted molar refractivity (Wildman–Crippen MR) is 119 cm³/mol. The van der Waals surface area contributed by atoms with Gasteiger partial charge in [0, 0.05) is 24.9 Å². The number of sulfonamides is 1. The number of nitrogens with two attached hydrogens (primary N) is 1. The molecule has 0 aliphatic rings. The second-order valence-electron chi connectivity index (χ2n) is 5.69. The molecule has 2 rings (SSSR count). The van der Waals surface area contributed by atoms with Crippen LogP contribution in [0.4, 0.5) is 5.69 Å². The molecule has 0 aliphatic heterocycles. The highest BCUT2D eigenvalue weighted by molar-refractivity contribution is 14.0. The number of aliphatic imine (C=N–C) groups is 1. The standard InChI is InChI=1S/C18H24N4O3S.HI/c1-14-7-9-16(10-8-14)26(23,24)21-12-11-20-18(19)22-17-6-4-3-5-15(17)13-25-2;/h3-10,21H,11-13H2,1-2H3,(H3,19,20,22);1H. The van der Waals surface area contributed by atoms with Gasteiger partial charge in [0.05, 0.1) is 18.0 Å². The van der Waals surface area contributed by atoms with Gasteiger partial charge < -0.3 is 15.8 Å². The van der Waals surface area contributed by atoms with E-state index in [0.717, 1.165) is 16.8 Å². The van der Waals surface area contributed by atoms with Gasteiger partial charge in [0.15, 0.2) is 5.96 Å². The van der Waals surface area contributed by atoms with Crippen LogP contribution in [-0.4, -0.2) is 34.6 Å². The highest BCUT2D eigenvalue weighted by Crippen LogP contribution is 2.15. The molecule has 148 valence electrons. The van der Waals surface area contributed by atoms with E-state index in [4.69, 9.17) is 10.5 Å². The molecular formula is C18H25IN4O3S. The molecule has 9 heteroatoms. The van der Waals surface area contributed by atoms with Crippen molar-refractivity contribution in [3.63, 3.8) is 0 Å². The van der Waals surface area contributed by atoms with Gasteiger partial charge in [-0.15, -0.1) is 24.0 Å². The first kappa shape index (κ1) is 23.3. The van der Waals surface area contributed by atoms with Crippen molar-refractivity contribution in [2.24, 2.45) is 10.7 Å². The van der Waals surface area contributed by atoms with Crippen LogP contribution in [0.1, 0.15) is 11.1 Å². The zero-order valence-corrected chi connectivity index (χ0v) is 18.5. The molecule has 0 radical (unpaired) electrons. The van der Waals surface area contributed by atoms with E-state index in [-0.39, 0.29) is 47.9 Å². The van der Waals surface area contributed by atoms with E-state index in [0.29, 0.717) is 6.61 Å². The molecule has 0 unspecified atom stereocenters. The Hall–Kier alpha value is -1.69. The van der Waals surface area contributed by atoms with Crippen LogP contribution in [0, 0.1) is 6.92 Å². The lowest BCUT2D eigenvalue weighted by molar-refractivity contribution is 0.185. The van der Waals surface area contributed by atoms with Gasteiger partial charge in [-0.25, -0.2) is 13.1 Å². The van der Waals surface area contributed by atoms with E-state index in [1.807, 2.05) is 31.2 Å². The van der Waals surface area contributed by atoms with Gasteiger partial charge in [0.2, 0.25) is 10.0 Å². The number of methoxy groups -OCH3 is 1. The molecule has 0 fully saturated rings. The fourth-order valence-corrected chi connectivity index (χ4v) is 3.28. The highest BCUT2D eigenvalue weighted by atomic mass is 127. The van der Waals surface area contributed by atoms with Crippen LogP contribution in [0.2, 0.25) is 0 Å². The van der Waals surface area contributed by atoms with Gasteiger partial charge in [0.1, 0.15) is 0 Å². The summed E-state index contributed by atoms with van der Waals surface area (Å²) in [7, 11) is -1.93. The second-order valence-corrected chi connectivity index (χ2v) is 7.46. The number of anilines is 1. The van der Waals surface area contributed by atoms with Crippen molar-refractivity contribution in [1.82, 2.24) is 4.72 Å². The second kappa shape index (κ2) is 11.2. The molecule has 0 bridgehead atoms. The molecule has 2 aromatic carbocycles. The lowest BCUT2D eigenvalue weighted by Gasteiger charge is -2.11. The predicted octanol–water partition coefficient (Wildman–Crippen LogP) is 2.46. The maximum atomic E-state index is 12.2. The van der Waals surface area contributed by atoms with Gasteiger partial charge in [-0.3, -0.25) is 4.99 Å². The SMILES string of the molecule is COCc1ccccc1NC(N)=NCCNS(=O)(=O)c1ccc(C)cc1.I. The minimum Gasteiger partial charge on any atom is -0.380 e. The molecule has 0 spiro atoms. The molecule has 7 nitrogen and oxygen atoms in total. The van der Waals surface area contributed by atoms with Crippen molar-refractivity contribution in [3.8, 4) is 0 Å². The molecule has 4 N–H and O–H groups in total. The van der Waals surface area contributed by atoms with Crippen molar-refractivity contribution < 1.29 is 13.2 Å². The number of ether oxygens (including phenoxy) is 1. The summed E-state index contributed by atoms with van der Waals surface area (Å²) in [5.41, 5.74) is 8.62. The zero-order chi connectivity index (χ0) is 19.0. The van der Waals surface area contributed by atoms with Crippen LogP contribution in [0.5, 0.6) is 0 Å². The molecule has 0 atom stereocenters. The van der Waals surface area contributed by atoms with Gasteiger partial charge in [0.25, 0.3) is 0 Å². The summed E-state index contributed by atoms with van der Waals surface area (Å²) < 4.78 is 32.0. The summed E-state index contributed by atoms with van der Waals surface area (Å²) in [6, 6.07) is 14.2. The van der Waals surface area contributed by atoms with Crippen molar-refractivity contribution in [3.05, 3.63) is 59.7 Å².